The SMILES string of the molecule is CCc1nc(CNC(=O)c2cc(-c3cncc(C)c3)ccc2-c2cnn(C)c2)ccc1OC. The maximum atomic E-state index is 13.3. The van der Waals surface area contributed by atoms with Crippen LogP contribution in [0.15, 0.2) is 61.2 Å². The summed E-state index contributed by atoms with van der Waals surface area (Å²) in [6.07, 6.45) is 8.04. The van der Waals surface area contributed by atoms with Gasteiger partial charge < -0.3 is 10.1 Å². The van der Waals surface area contributed by atoms with Gasteiger partial charge in [-0.2, -0.15) is 5.10 Å². The van der Waals surface area contributed by atoms with E-state index in [2.05, 4.69) is 26.4 Å². The van der Waals surface area contributed by atoms with Crippen molar-refractivity contribution in [3.63, 3.8) is 0 Å². The molecule has 168 valence electrons. The first-order chi connectivity index (χ1) is 16.0. The van der Waals surface area contributed by atoms with Gasteiger partial charge in [0.25, 0.3) is 5.91 Å². The normalized spacial score (nSPS) is 10.8. The Bertz CT molecular complexity index is 1300. The number of methoxy groups -OCH3 is 1. The molecule has 0 aliphatic carbocycles. The summed E-state index contributed by atoms with van der Waals surface area (Å²) in [4.78, 5) is 22.3. The number of nitrogens with one attached hydrogen (secondary N) is 1. The Kier molecular flexibility index (Phi) is 6.49. The number of pyridine rings is 2. The monoisotopic (exact) mass is 441 g/mol. The molecule has 0 saturated carbocycles. The highest BCUT2D eigenvalue weighted by Crippen LogP contribution is 2.29. The molecule has 4 aromatic rings. The highest BCUT2D eigenvalue weighted by Gasteiger charge is 2.16. The van der Waals surface area contributed by atoms with E-state index in [9.17, 15) is 4.79 Å². The average molecular weight is 442 g/mol. The van der Waals surface area contributed by atoms with Gasteiger partial charge in [0.15, 0.2) is 0 Å². The number of aromatic nitrogens is 4. The van der Waals surface area contributed by atoms with Crippen LogP contribution in [0.1, 0.15) is 34.2 Å². The molecule has 1 N–H and O–H groups in total. The Labute approximate surface area is 193 Å². The molecule has 3 heterocycles. The molecule has 4 rings (SSSR count). The molecule has 0 atom stereocenters. The molecule has 0 aliphatic rings. The van der Waals surface area contributed by atoms with E-state index in [1.54, 1.807) is 24.2 Å². The molecular formula is C26H27N5O2. The molecule has 0 bridgehead atoms. The van der Waals surface area contributed by atoms with Crippen LogP contribution in [0, 0.1) is 6.92 Å². The maximum Gasteiger partial charge on any atom is 0.252 e. The number of rotatable bonds is 7. The van der Waals surface area contributed by atoms with Crippen molar-refractivity contribution in [3.05, 3.63) is 83.7 Å². The Morgan fingerprint density at radius 1 is 1.06 bits per heavy atom. The van der Waals surface area contributed by atoms with E-state index in [4.69, 9.17) is 4.74 Å². The summed E-state index contributed by atoms with van der Waals surface area (Å²) in [7, 11) is 3.49. The summed E-state index contributed by atoms with van der Waals surface area (Å²) in [5, 5.41) is 7.29. The third-order valence-corrected chi connectivity index (χ3v) is 5.46. The molecular weight excluding hydrogens is 414 g/mol. The van der Waals surface area contributed by atoms with Crippen molar-refractivity contribution in [1.29, 1.82) is 0 Å². The molecule has 0 radical (unpaired) electrons. The minimum atomic E-state index is -0.174. The molecule has 1 aromatic carbocycles. The van der Waals surface area contributed by atoms with Gasteiger partial charge in [-0.3, -0.25) is 19.4 Å². The Hall–Kier alpha value is -4.00. The molecule has 0 fully saturated rings. The summed E-state index contributed by atoms with van der Waals surface area (Å²) in [5.74, 6) is 0.581. The number of carbonyl (C=O) groups excluding carboxylic acids is 1. The Morgan fingerprint density at radius 3 is 2.61 bits per heavy atom. The minimum absolute atomic E-state index is 0.174. The van der Waals surface area contributed by atoms with E-state index in [0.717, 1.165) is 51.4 Å². The second kappa shape index (κ2) is 9.65. The summed E-state index contributed by atoms with van der Waals surface area (Å²) in [5.41, 5.74) is 6.89. The summed E-state index contributed by atoms with van der Waals surface area (Å²) >= 11 is 0. The fraction of sp³-hybridized carbons (Fsp3) is 0.231. The van der Waals surface area contributed by atoms with Crippen LogP contribution in [0.5, 0.6) is 5.75 Å². The first kappa shape index (κ1) is 22.2. The fourth-order valence-corrected chi connectivity index (χ4v) is 3.77. The van der Waals surface area contributed by atoms with Crippen LogP contribution in [0.2, 0.25) is 0 Å². The second-order valence-electron chi connectivity index (χ2n) is 7.90. The van der Waals surface area contributed by atoms with Gasteiger partial charge in [0, 0.05) is 42.3 Å². The van der Waals surface area contributed by atoms with Crippen LogP contribution < -0.4 is 10.1 Å². The molecule has 0 aliphatic heterocycles. The smallest absolute Gasteiger partial charge is 0.252 e. The zero-order valence-corrected chi connectivity index (χ0v) is 19.3. The van der Waals surface area contributed by atoms with Gasteiger partial charge in [0.2, 0.25) is 0 Å². The Morgan fingerprint density at radius 2 is 1.91 bits per heavy atom. The van der Waals surface area contributed by atoms with E-state index < -0.39 is 0 Å². The van der Waals surface area contributed by atoms with Crippen molar-refractivity contribution >= 4 is 5.91 Å². The van der Waals surface area contributed by atoms with Crippen LogP contribution in [0.4, 0.5) is 0 Å². The van der Waals surface area contributed by atoms with Crippen molar-refractivity contribution in [3.8, 4) is 28.0 Å². The topological polar surface area (TPSA) is 81.9 Å². The van der Waals surface area contributed by atoms with Crippen LogP contribution in [-0.2, 0) is 20.0 Å². The van der Waals surface area contributed by atoms with Gasteiger partial charge in [-0.05, 0) is 54.3 Å². The van der Waals surface area contributed by atoms with Crippen molar-refractivity contribution in [1.82, 2.24) is 25.1 Å². The third-order valence-electron chi connectivity index (χ3n) is 5.46. The van der Waals surface area contributed by atoms with Crippen LogP contribution in [0.25, 0.3) is 22.3 Å². The summed E-state index contributed by atoms with van der Waals surface area (Å²) in [6.45, 7) is 4.35. The second-order valence-corrected chi connectivity index (χ2v) is 7.90. The minimum Gasteiger partial charge on any atom is -0.495 e. The van der Waals surface area contributed by atoms with E-state index >= 15 is 0 Å². The molecule has 1 amide bonds. The van der Waals surface area contributed by atoms with Crippen LogP contribution in [0.3, 0.4) is 0 Å². The zero-order chi connectivity index (χ0) is 23.4. The van der Waals surface area contributed by atoms with E-state index in [-0.39, 0.29) is 5.91 Å². The fourth-order valence-electron chi connectivity index (χ4n) is 3.77. The van der Waals surface area contributed by atoms with Gasteiger partial charge in [-0.1, -0.05) is 19.1 Å². The number of carbonyl (C=O) groups is 1. The number of hydrogen-bond acceptors (Lipinski definition) is 5. The zero-order valence-electron chi connectivity index (χ0n) is 19.3. The maximum absolute atomic E-state index is 13.3. The molecule has 7 heteroatoms. The van der Waals surface area contributed by atoms with Gasteiger partial charge in [-0.15, -0.1) is 0 Å². The average Bonchev–Trinajstić information content (AvgIpc) is 3.28. The molecule has 0 saturated heterocycles. The number of ether oxygens (including phenoxy) is 1. The number of amides is 1. The lowest BCUT2D eigenvalue weighted by Gasteiger charge is -2.13. The van der Waals surface area contributed by atoms with E-state index in [1.165, 1.54) is 0 Å². The molecule has 0 unspecified atom stereocenters. The highest BCUT2D eigenvalue weighted by molar-refractivity contribution is 6.02. The molecule has 33 heavy (non-hydrogen) atoms. The standard InChI is InChI=1S/C26H27N5O2/c1-5-24-25(33-4)9-7-21(30-24)15-28-26(32)23-11-18(19-10-17(2)12-27-13-19)6-8-22(23)20-14-29-31(3)16-20/h6-14,16H,5,15H2,1-4H3,(H,28,32). The molecule has 7 nitrogen and oxygen atoms in total. The number of hydrogen-bond donors (Lipinski definition) is 1. The lowest BCUT2D eigenvalue weighted by atomic mass is 9.96. The van der Waals surface area contributed by atoms with Crippen molar-refractivity contribution in [2.75, 3.05) is 7.11 Å². The van der Waals surface area contributed by atoms with Gasteiger partial charge in [0.05, 0.1) is 31.2 Å². The van der Waals surface area contributed by atoms with Crippen LogP contribution in [-0.4, -0.2) is 32.8 Å². The lowest BCUT2D eigenvalue weighted by molar-refractivity contribution is 0.0951. The largest absolute Gasteiger partial charge is 0.495 e. The quantitative estimate of drug-likeness (QED) is 0.461. The van der Waals surface area contributed by atoms with E-state index in [1.807, 2.05) is 63.6 Å². The number of benzene rings is 1. The first-order valence-electron chi connectivity index (χ1n) is 10.8. The summed E-state index contributed by atoms with van der Waals surface area (Å²) in [6, 6.07) is 11.7. The summed E-state index contributed by atoms with van der Waals surface area (Å²) < 4.78 is 7.08. The van der Waals surface area contributed by atoms with Crippen LogP contribution >= 0.6 is 0 Å². The molecule has 3 aromatic heterocycles. The van der Waals surface area contributed by atoms with Gasteiger partial charge in [-0.25, -0.2) is 0 Å². The number of nitrogens with zero attached hydrogens (tertiary/aromatic N) is 4. The predicted octanol–water partition coefficient (Wildman–Crippen LogP) is 4.35. The molecule has 0 spiro atoms. The van der Waals surface area contributed by atoms with Crippen molar-refractivity contribution in [2.24, 2.45) is 7.05 Å². The number of aryl methyl sites for hydroxylation is 3. The van der Waals surface area contributed by atoms with E-state index in [0.29, 0.717) is 12.1 Å². The predicted molar refractivity (Wildman–Crippen MR) is 128 cm³/mol. The van der Waals surface area contributed by atoms with Gasteiger partial charge in [0.1, 0.15) is 5.75 Å². The van der Waals surface area contributed by atoms with Crippen molar-refractivity contribution in [2.45, 2.75) is 26.8 Å². The lowest BCUT2D eigenvalue weighted by Crippen LogP contribution is -2.24. The van der Waals surface area contributed by atoms with Gasteiger partial charge >= 0.3 is 0 Å². The van der Waals surface area contributed by atoms with Crippen molar-refractivity contribution < 1.29 is 9.53 Å². The third kappa shape index (κ3) is 4.92. The Balaban J connectivity index is 1.66. The highest BCUT2D eigenvalue weighted by atomic mass is 16.5. The first-order valence-corrected chi connectivity index (χ1v) is 10.8.